The van der Waals surface area contributed by atoms with Crippen molar-refractivity contribution < 1.29 is 28.7 Å². The number of nitrogens with one attached hydrogen (secondary N) is 3. The van der Waals surface area contributed by atoms with Gasteiger partial charge in [-0.1, -0.05) is 54.6 Å². The lowest BCUT2D eigenvalue weighted by Crippen LogP contribution is -2.54. The molecule has 4 amide bonds. The quantitative estimate of drug-likeness (QED) is 0.0394. The lowest BCUT2D eigenvalue weighted by atomic mass is 10.0. The molecule has 0 saturated heterocycles. The molecular formula is C36H46N8O6. The molecule has 50 heavy (non-hydrogen) atoms. The minimum absolute atomic E-state index is 0.115. The van der Waals surface area contributed by atoms with E-state index < -0.39 is 41.8 Å². The summed E-state index contributed by atoms with van der Waals surface area (Å²) in [5.74, 6) is -2.35. The highest BCUT2D eigenvalue weighted by Crippen LogP contribution is 2.20. The molecule has 0 fully saturated rings. The molecular weight excluding hydrogens is 640 g/mol. The largest absolute Gasteiger partial charge is 0.489 e. The van der Waals surface area contributed by atoms with E-state index in [2.05, 4.69) is 20.9 Å². The Morgan fingerprint density at radius 1 is 0.720 bits per heavy atom. The Morgan fingerprint density at radius 3 is 1.92 bits per heavy atom. The maximum absolute atomic E-state index is 13.7. The van der Waals surface area contributed by atoms with Gasteiger partial charge in [-0.05, 0) is 81.0 Å². The number of unbranched alkanes of at least 4 members (excludes halogenated alkanes) is 1. The van der Waals surface area contributed by atoms with Crippen molar-refractivity contribution in [1.82, 2.24) is 16.0 Å². The number of carbonyl (C=O) groups is 5. The molecule has 266 valence electrons. The summed E-state index contributed by atoms with van der Waals surface area (Å²) in [5.41, 5.74) is 24.3. The zero-order valence-corrected chi connectivity index (χ0v) is 28.1. The van der Waals surface area contributed by atoms with Crippen molar-refractivity contribution in [3.63, 3.8) is 0 Å². The maximum Gasteiger partial charge on any atom is 0.251 e. The lowest BCUT2D eigenvalue weighted by molar-refractivity contribution is -0.132. The van der Waals surface area contributed by atoms with Gasteiger partial charge in [0.15, 0.2) is 11.7 Å². The Kier molecular flexibility index (Phi) is 15.4. The molecule has 3 atom stereocenters. The number of nitrogens with zero attached hydrogens (tertiary/aromatic N) is 1. The van der Waals surface area contributed by atoms with E-state index in [0.29, 0.717) is 49.3 Å². The van der Waals surface area contributed by atoms with E-state index in [1.165, 1.54) is 31.2 Å². The van der Waals surface area contributed by atoms with E-state index >= 15 is 0 Å². The minimum atomic E-state index is -1.20. The highest BCUT2D eigenvalue weighted by atomic mass is 16.5. The van der Waals surface area contributed by atoms with Crippen LogP contribution < -0.4 is 43.6 Å². The van der Waals surface area contributed by atoms with Crippen molar-refractivity contribution in [1.29, 1.82) is 0 Å². The van der Waals surface area contributed by atoms with Gasteiger partial charge in [-0.3, -0.25) is 29.0 Å². The molecule has 3 rings (SSSR count). The van der Waals surface area contributed by atoms with Crippen LogP contribution in [0.1, 0.15) is 76.9 Å². The maximum atomic E-state index is 13.7. The molecule has 3 aromatic rings. The Labute approximate surface area is 291 Å². The van der Waals surface area contributed by atoms with Crippen molar-refractivity contribution in [2.75, 3.05) is 13.1 Å². The van der Waals surface area contributed by atoms with Crippen LogP contribution in [0.2, 0.25) is 0 Å². The van der Waals surface area contributed by atoms with Gasteiger partial charge in [0.1, 0.15) is 30.5 Å². The monoisotopic (exact) mass is 686 g/mol. The number of amides is 4. The highest BCUT2D eigenvalue weighted by Gasteiger charge is 2.29. The summed E-state index contributed by atoms with van der Waals surface area (Å²) >= 11 is 0. The summed E-state index contributed by atoms with van der Waals surface area (Å²) < 4.78 is 5.82. The summed E-state index contributed by atoms with van der Waals surface area (Å²) in [6.07, 6.45) is 1.75. The first-order valence-electron chi connectivity index (χ1n) is 16.3. The molecule has 0 spiro atoms. The molecule has 3 aromatic carbocycles. The van der Waals surface area contributed by atoms with Gasteiger partial charge < -0.3 is 43.6 Å². The second kappa shape index (κ2) is 19.9. The van der Waals surface area contributed by atoms with Gasteiger partial charge in [0.05, 0.1) is 0 Å². The minimum Gasteiger partial charge on any atom is -0.489 e. The molecule has 0 saturated carbocycles. The Bertz CT molecular complexity index is 1610. The SMILES string of the molecule is CC(=O)c1ccc(C(=O)N[C@@H](CCCN=C(N)N)C(=O)N[C@@H](CCCCN)C(=O)N[C@@H](C(N)=O)c2ccc(OCc3ccccc3)cc2)cc1. The van der Waals surface area contributed by atoms with E-state index in [4.69, 9.17) is 27.7 Å². The standard InChI is InChI=1S/C36H46N8O6/c1-23(45)25-12-14-27(15-13-25)33(47)42-30(11-7-21-41-36(39)40)34(48)43-29(10-5-6-20-37)35(49)44-31(32(38)46)26-16-18-28(19-17-26)50-22-24-8-3-2-4-9-24/h2-4,8-9,12-19,29-31H,5-7,10-11,20-22,37H2,1H3,(H2,38,46)(H,42,47)(H,43,48)(H,44,49)(H4,39,40,41)/t29-,30-,31+/m0/s1. The molecule has 0 aliphatic heterocycles. The highest BCUT2D eigenvalue weighted by molar-refractivity contribution is 6.00. The normalized spacial score (nSPS) is 12.4. The molecule has 14 heteroatoms. The van der Waals surface area contributed by atoms with E-state index in [1.807, 2.05) is 30.3 Å². The second-order valence-corrected chi connectivity index (χ2v) is 11.6. The number of rotatable bonds is 20. The number of carbonyl (C=O) groups excluding carboxylic acids is 5. The molecule has 14 nitrogen and oxygen atoms in total. The first-order valence-corrected chi connectivity index (χ1v) is 16.3. The molecule has 0 bridgehead atoms. The lowest BCUT2D eigenvalue weighted by Gasteiger charge is -2.25. The van der Waals surface area contributed by atoms with Crippen LogP contribution in [-0.2, 0) is 21.0 Å². The topological polar surface area (TPSA) is 247 Å². The van der Waals surface area contributed by atoms with Gasteiger partial charge in [-0.25, -0.2) is 0 Å². The zero-order chi connectivity index (χ0) is 36.5. The number of guanidine groups is 1. The van der Waals surface area contributed by atoms with Crippen LogP contribution in [0.15, 0.2) is 83.9 Å². The van der Waals surface area contributed by atoms with Crippen molar-refractivity contribution >= 4 is 35.4 Å². The van der Waals surface area contributed by atoms with Crippen molar-refractivity contribution in [3.05, 3.63) is 101 Å². The van der Waals surface area contributed by atoms with Crippen molar-refractivity contribution in [2.45, 2.75) is 63.8 Å². The number of hydrogen-bond acceptors (Lipinski definition) is 8. The number of aliphatic imine (C=N–C) groups is 1. The molecule has 0 radical (unpaired) electrons. The zero-order valence-electron chi connectivity index (χ0n) is 28.1. The molecule has 0 aliphatic carbocycles. The third-order valence-corrected chi connectivity index (χ3v) is 7.73. The Morgan fingerprint density at radius 2 is 1.32 bits per heavy atom. The van der Waals surface area contributed by atoms with Gasteiger partial charge in [-0.2, -0.15) is 0 Å². The molecule has 11 N–H and O–H groups in total. The summed E-state index contributed by atoms with van der Waals surface area (Å²) in [6.45, 7) is 2.34. The van der Waals surface area contributed by atoms with Crippen LogP contribution >= 0.6 is 0 Å². The third kappa shape index (κ3) is 12.7. The molecule has 0 unspecified atom stereocenters. The van der Waals surface area contributed by atoms with Crippen LogP contribution in [0, 0.1) is 0 Å². The van der Waals surface area contributed by atoms with E-state index in [1.54, 1.807) is 24.3 Å². The molecule has 0 aliphatic rings. The van der Waals surface area contributed by atoms with Crippen LogP contribution in [0.5, 0.6) is 5.75 Å². The number of Topliss-reactive ketones (excluding diaryl/α,β-unsaturated/α-hetero) is 1. The van der Waals surface area contributed by atoms with E-state index in [0.717, 1.165) is 5.56 Å². The summed E-state index contributed by atoms with van der Waals surface area (Å²) in [4.78, 5) is 68.5. The first-order chi connectivity index (χ1) is 24.0. The Balaban J connectivity index is 1.75. The number of ketones is 1. The Hall–Kier alpha value is -5.76. The first kappa shape index (κ1) is 38.7. The van der Waals surface area contributed by atoms with Crippen LogP contribution in [0.4, 0.5) is 0 Å². The number of primary amides is 1. The fraction of sp³-hybridized carbons (Fsp3) is 0.333. The summed E-state index contributed by atoms with van der Waals surface area (Å²) in [5, 5.41) is 8.11. The predicted octanol–water partition coefficient (Wildman–Crippen LogP) is 1.58. The van der Waals surface area contributed by atoms with Gasteiger partial charge in [0, 0.05) is 17.7 Å². The van der Waals surface area contributed by atoms with Crippen molar-refractivity contribution in [3.8, 4) is 5.75 Å². The van der Waals surface area contributed by atoms with Crippen LogP contribution in [-0.4, -0.2) is 60.5 Å². The van der Waals surface area contributed by atoms with Crippen molar-refractivity contribution in [2.24, 2.45) is 27.9 Å². The number of nitrogens with two attached hydrogens (primary N) is 4. The number of hydrogen-bond donors (Lipinski definition) is 7. The predicted molar refractivity (Wildman–Crippen MR) is 190 cm³/mol. The van der Waals surface area contributed by atoms with E-state index in [-0.39, 0.29) is 36.7 Å². The van der Waals surface area contributed by atoms with Gasteiger partial charge in [0.25, 0.3) is 5.91 Å². The molecule has 0 heterocycles. The second-order valence-electron chi connectivity index (χ2n) is 11.6. The average Bonchev–Trinajstić information content (AvgIpc) is 3.10. The van der Waals surface area contributed by atoms with Crippen LogP contribution in [0.3, 0.4) is 0 Å². The third-order valence-electron chi connectivity index (χ3n) is 7.73. The number of benzene rings is 3. The van der Waals surface area contributed by atoms with Gasteiger partial charge in [0.2, 0.25) is 17.7 Å². The fourth-order valence-corrected chi connectivity index (χ4v) is 4.96. The molecule has 0 aromatic heterocycles. The van der Waals surface area contributed by atoms with Gasteiger partial charge >= 0.3 is 0 Å². The van der Waals surface area contributed by atoms with Crippen LogP contribution in [0.25, 0.3) is 0 Å². The van der Waals surface area contributed by atoms with E-state index in [9.17, 15) is 24.0 Å². The fourth-order valence-electron chi connectivity index (χ4n) is 4.96. The summed E-state index contributed by atoms with van der Waals surface area (Å²) in [6, 6.07) is 18.8. The smallest absolute Gasteiger partial charge is 0.251 e. The number of ether oxygens (including phenoxy) is 1. The summed E-state index contributed by atoms with van der Waals surface area (Å²) in [7, 11) is 0. The average molecular weight is 687 g/mol. The van der Waals surface area contributed by atoms with Gasteiger partial charge in [-0.15, -0.1) is 0 Å².